The van der Waals surface area contributed by atoms with Gasteiger partial charge in [-0.25, -0.2) is 0 Å². The van der Waals surface area contributed by atoms with Crippen molar-refractivity contribution in [3.63, 3.8) is 0 Å². The van der Waals surface area contributed by atoms with Gasteiger partial charge in [0.05, 0.1) is 0 Å². The molecule has 1 heteroatoms. The van der Waals surface area contributed by atoms with E-state index in [0.29, 0.717) is 0 Å². The van der Waals surface area contributed by atoms with Gasteiger partial charge in [-0.1, -0.05) is 52.4 Å². The summed E-state index contributed by atoms with van der Waals surface area (Å²) in [5, 5.41) is 0. The molecule has 0 amide bonds. The van der Waals surface area contributed by atoms with Crippen LogP contribution >= 0.6 is 0 Å². The van der Waals surface area contributed by atoms with Crippen LogP contribution in [0.2, 0.25) is 0 Å². The maximum atomic E-state index is 2.26. The van der Waals surface area contributed by atoms with Crippen LogP contribution in [0.15, 0.2) is 0 Å². The van der Waals surface area contributed by atoms with Gasteiger partial charge < -0.3 is 0 Å². The normalized spacial score (nSPS) is 8.67. The zero-order valence-electron chi connectivity index (χ0n) is 6.62. The first-order valence-electron chi connectivity index (χ1n) is 3.91. The van der Waals surface area contributed by atoms with Crippen LogP contribution in [0.1, 0.15) is 52.4 Å². The molecule has 0 aromatic heterocycles. The van der Waals surface area contributed by atoms with Crippen molar-refractivity contribution in [1.82, 2.24) is 0 Å². The second-order valence-corrected chi connectivity index (χ2v) is 2.41. The zero-order chi connectivity index (χ0) is 6.24. The van der Waals surface area contributed by atoms with Gasteiger partial charge in [0.1, 0.15) is 0 Å². The van der Waals surface area contributed by atoms with Gasteiger partial charge in [-0.15, -0.1) is 0 Å². The minimum Gasteiger partial charge on any atom is -0.0654 e. The molecule has 0 saturated heterocycles. The molecule has 0 aromatic carbocycles. The van der Waals surface area contributed by atoms with Crippen molar-refractivity contribution < 1.29 is 17.1 Å². The predicted octanol–water partition coefficient (Wildman–Crippen LogP) is 3.36. The SMILES string of the molecule is CCCCCCCC.[Mn]. The third kappa shape index (κ3) is 11.9. The molecule has 0 unspecified atom stereocenters. The Kier molecular flexibility index (Phi) is 15.4. The number of rotatable bonds is 5. The molecule has 9 heavy (non-hydrogen) atoms. The maximum absolute atomic E-state index is 2.26. The average molecular weight is 169 g/mol. The molecule has 0 nitrogen and oxygen atoms in total. The van der Waals surface area contributed by atoms with Crippen molar-refractivity contribution in [3.05, 3.63) is 0 Å². The van der Waals surface area contributed by atoms with Gasteiger partial charge in [0.2, 0.25) is 0 Å². The van der Waals surface area contributed by atoms with Gasteiger partial charge in [-0.3, -0.25) is 0 Å². The van der Waals surface area contributed by atoms with Crippen LogP contribution in [-0.2, 0) is 17.1 Å². The van der Waals surface area contributed by atoms with Crippen LogP contribution in [0.5, 0.6) is 0 Å². The fraction of sp³-hybridized carbons (Fsp3) is 1.00. The molecule has 0 aliphatic heterocycles. The van der Waals surface area contributed by atoms with E-state index in [1.807, 2.05) is 0 Å². The summed E-state index contributed by atoms with van der Waals surface area (Å²) in [5.74, 6) is 0. The first-order chi connectivity index (χ1) is 3.91. The Morgan fingerprint density at radius 3 is 1.22 bits per heavy atom. The Labute approximate surface area is 69.9 Å². The fourth-order valence-electron chi connectivity index (χ4n) is 0.854. The van der Waals surface area contributed by atoms with E-state index >= 15 is 0 Å². The van der Waals surface area contributed by atoms with E-state index in [-0.39, 0.29) is 17.1 Å². The molecule has 0 spiro atoms. The Bertz CT molecular complexity index is 29.5. The monoisotopic (exact) mass is 169 g/mol. The standard InChI is InChI=1S/C8H18.Mn/c1-3-5-7-8-6-4-2;/h3-8H2,1-2H3;. The van der Waals surface area contributed by atoms with Crippen molar-refractivity contribution in [1.29, 1.82) is 0 Å². The van der Waals surface area contributed by atoms with Crippen LogP contribution in [-0.4, -0.2) is 0 Å². The molecule has 0 rings (SSSR count). The van der Waals surface area contributed by atoms with Gasteiger partial charge in [0.25, 0.3) is 0 Å². The van der Waals surface area contributed by atoms with Crippen molar-refractivity contribution >= 4 is 0 Å². The smallest absolute Gasteiger partial charge is 0 e. The summed E-state index contributed by atoms with van der Waals surface area (Å²) < 4.78 is 0. The van der Waals surface area contributed by atoms with E-state index in [1.165, 1.54) is 38.5 Å². The maximum Gasteiger partial charge on any atom is 0 e. The molecule has 57 valence electrons. The zero-order valence-corrected chi connectivity index (χ0v) is 7.80. The molecule has 1 radical (unpaired) electrons. The number of hydrogen-bond donors (Lipinski definition) is 0. The predicted molar refractivity (Wildman–Crippen MR) is 39.0 cm³/mol. The fourth-order valence-corrected chi connectivity index (χ4v) is 0.854. The quantitative estimate of drug-likeness (QED) is 0.437. The minimum absolute atomic E-state index is 0. The van der Waals surface area contributed by atoms with Gasteiger partial charge >= 0.3 is 0 Å². The second-order valence-electron chi connectivity index (χ2n) is 2.41. The summed E-state index contributed by atoms with van der Waals surface area (Å²) in [4.78, 5) is 0. The Balaban J connectivity index is 0. The van der Waals surface area contributed by atoms with Crippen LogP contribution in [0.25, 0.3) is 0 Å². The van der Waals surface area contributed by atoms with Crippen LogP contribution < -0.4 is 0 Å². The van der Waals surface area contributed by atoms with Crippen molar-refractivity contribution in [2.24, 2.45) is 0 Å². The van der Waals surface area contributed by atoms with E-state index in [4.69, 9.17) is 0 Å². The van der Waals surface area contributed by atoms with Crippen molar-refractivity contribution in [3.8, 4) is 0 Å². The Morgan fingerprint density at radius 2 is 1.00 bits per heavy atom. The van der Waals surface area contributed by atoms with Gasteiger partial charge in [-0.05, 0) is 0 Å². The molecule has 0 aliphatic rings. The topological polar surface area (TPSA) is 0 Å². The molecule has 0 fully saturated rings. The molecule has 0 bridgehead atoms. The average Bonchev–Trinajstić information content (AvgIpc) is 1.81. The summed E-state index contributed by atoms with van der Waals surface area (Å²) in [5.41, 5.74) is 0. The first kappa shape index (κ1) is 12.2. The minimum atomic E-state index is 0. The molecular formula is C8H18Mn. The largest absolute Gasteiger partial charge is 0.0654 e. The summed E-state index contributed by atoms with van der Waals surface area (Å²) in [6, 6.07) is 0. The van der Waals surface area contributed by atoms with Crippen LogP contribution in [0.4, 0.5) is 0 Å². The van der Waals surface area contributed by atoms with E-state index in [2.05, 4.69) is 13.8 Å². The Morgan fingerprint density at radius 1 is 0.667 bits per heavy atom. The molecule has 0 N–H and O–H groups in total. The second kappa shape index (κ2) is 11.3. The number of unbranched alkanes of at least 4 members (excludes halogenated alkanes) is 5. The van der Waals surface area contributed by atoms with Crippen LogP contribution in [0.3, 0.4) is 0 Å². The van der Waals surface area contributed by atoms with Crippen molar-refractivity contribution in [2.75, 3.05) is 0 Å². The molecular weight excluding hydrogens is 151 g/mol. The van der Waals surface area contributed by atoms with E-state index in [9.17, 15) is 0 Å². The van der Waals surface area contributed by atoms with Crippen LogP contribution in [0, 0.1) is 0 Å². The van der Waals surface area contributed by atoms with Crippen molar-refractivity contribution in [2.45, 2.75) is 52.4 Å². The molecule has 0 heterocycles. The third-order valence-corrected chi connectivity index (χ3v) is 1.46. The van der Waals surface area contributed by atoms with Gasteiger partial charge in [0.15, 0.2) is 0 Å². The molecule has 0 saturated carbocycles. The third-order valence-electron chi connectivity index (χ3n) is 1.46. The first-order valence-corrected chi connectivity index (χ1v) is 3.91. The van der Waals surface area contributed by atoms with E-state index < -0.39 is 0 Å². The molecule has 0 aromatic rings. The summed E-state index contributed by atoms with van der Waals surface area (Å²) in [6.45, 7) is 4.51. The van der Waals surface area contributed by atoms with E-state index in [0.717, 1.165) is 0 Å². The number of hydrogen-bond acceptors (Lipinski definition) is 0. The summed E-state index contributed by atoms with van der Waals surface area (Å²) >= 11 is 0. The summed E-state index contributed by atoms with van der Waals surface area (Å²) in [7, 11) is 0. The molecule has 0 aliphatic carbocycles. The Hall–Kier alpha value is 0.519. The molecule has 0 atom stereocenters. The van der Waals surface area contributed by atoms with Gasteiger partial charge in [-0.2, -0.15) is 0 Å². The van der Waals surface area contributed by atoms with E-state index in [1.54, 1.807) is 0 Å². The summed E-state index contributed by atoms with van der Waals surface area (Å²) in [6.07, 6.45) is 8.49. The van der Waals surface area contributed by atoms with Gasteiger partial charge in [0, 0.05) is 17.1 Å².